The third-order valence-corrected chi connectivity index (χ3v) is 9.14. The molecule has 1 N–H and O–H groups in total. The van der Waals surface area contributed by atoms with Crippen molar-refractivity contribution in [3.05, 3.63) is 24.3 Å². The summed E-state index contributed by atoms with van der Waals surface area (Å²) in [5.74, 6) is -0.739. The van der Waals surface area contributed by atoms with Crippen molar-refractivity contribution in [2.45, 2.75) is 194 Å². The van der Waals surface area contributed by atoms with E-state index in [-0.39, 0.29) is 12.8 Å². The summed E-state index contributed by atoms with van der Waals surface area (Å²) >= 11 is 0. The maximum Gasteiger partial charge on any atom is 0.445 e. The third-order valence-electron chi connectivity index (χ3n) is 7.84. The van der Waals surface area contributed by atoms with Gasteiger partial charge in [0, 0.05) is 12.8 Å². The Morgan fingerprint density at radius 1 is 0.500 bits per heavy atom. The molecule has 0 aromatic carbocycles. The first kappa shape index (κ1) is 40.8. The predicted molar refractivity (Wildman–Crippen MR) is 180 cm³/mol. The summed E-state index contributed by atoms with van der Waals surface area (Å²) in [4.78, 5) is 34.1. The van der Waals surface area contributed by atoms with Gasteiger partial charge in [0.15, 0.2) is 0 Å². The summed E-state index contributed by atoms with van der Waals surface area (Å²) in [5, 5.41) is 0. The van der Waals surface area contributed by atoms with Gasteiger partial charge < -0.3 is 9.42 Å². The second-order valence-electron chi connectivity index (χ2n) is 12.0. The Morgan fingerprint density at radius 2 is 0.810 bits per heavy atom. The van der Waals surface area contributed by atoms with E-state index in [1.54, 1.807) is 0 Å². The van der Waals surface area contributed by atoms with Crippen molar-refractivity contribution in [3.63, 3.8) is 0 Å². The van der Waals surface area contributed by atoms with Crippen LogP contribution in [-0.2, 0) is 18.7 Å². The molecule has 5 nitrogen and oxygen atoms in total. The summed E-state index contributed by atoms with van der Waals surface area (Å²) in [7, 11) is -4.52. The first-order chi connectivity index (χ1) is 20.4. The van der Waals surface area contributed by atoms with E-state index in [0.29, 0.717) is 12.8 Å². The maximum absolute atomic E-state index is 12.2. The van der Waals surface area contributed by atoms with E-state index < -0.39 is 19.1 Å². The zero-order valence-corrected chi connectivity index (χ0v) is 28.5. The van der Waals surface area contributed by atoms with Crippen LogP contribution in [-0.4, -0.2) is 16.4 Å². The molecule has 0 heterocycles. The van der Waals surface area contributed by atoms with E-state index in [1.807, 2.05) is 0 Å². The Kier molecular flexibility index (Phi) is 30.4. The molecule has 0 bridgehead atoms. The summed E-state index contributed by atoms with van der Waals surface area (Å²) in [6.45, 7) is 4.49. The quantitative estimate of drug-likeness (QED) is 0.0465. The average molecular weight is 611 g/mol. The van der Waals surface area contributed by atoms with Crippen LogP contribution in [0.3, 0.4) is 0 Å². The summed E-state index contributed by atoms with van der Waals surface area (Å²) in [6.07, 6.45) is 39.3. The lowest BCUT2D eigenvalue weighted by Crippen LogP contribution is -2.09. The molecule has 0 aromatic rings. The zero-order valence-electron chi connectivity index (χ0n) is 27.6. The molecular weight excluding hydrogens is 543 g/mol. The molecular formula is C36H67O5P. The SMILES string of the molecule is CCCCCCCCC=CCCCCCCCC(=O)OP(=O)(O)C(=O)CCCCCCCC=CCCCCCCCC. The van der Waals surface area contributed by atoms with Crippen LogP contribution in [0.2, 0.25) is 0 Å². The van der Waals surface area contributed by atoms with Gasteiger partial charge in [0.05, 0.1) is 0 Å². The number of hydrogen-bond acceptors (Lipinski definition) is 4. The van der Waals surface area contributed by atoms with Gasteiger partial charge in [0.25, 0.3) is 5.52 Å². The largest absolute Gasteiger partial charge is 0.445 e. The van der Waals surface area contributed by atoms with Crippen molar-refractivity contribution in [1.82, 2.24) is 0 Å². The van der Waals surface area contributed by atoms with E-state index in [4.69, 9.17) is 4.52 Å². The van der Waals surface area contributed by atoms with Crippen molar-refractivity contribution in [1.29, 1.82) is 0 Å². The van der Waals surface area contributed by atoms with Gasteiger partial charge in [-0.1, -0.05) is 141 Å². The van der Waals surface area contributed by atoms with Crippen LogP contribution >= 0.6 is 7.60 Å². The minimum Gasteiger partial charge on any atom is -0.387 e. The number of carbonyl (C=O) groups is 2. The lowest BCUT2D eigenvalue weighted by atomic mass is 10.1. The minimum atomic E-state index is -4.52. The molecule has 1 unspecified atom stereocenters. The number of hydrogen-bond donors (Lipinski definition) is 1. The van der Waals surface area contributed by atoms with E-state index in [2.05, 4.69) is 38.2 Å². The highest BCUT2D eigenvalue weighted by atomic mass is 31.2. The molecule has 0 aliphatic rings. The highest BCUT2D eigenvalue weighted by Gasteiger charge is 2.33. The summed E-state index contributed by atoms with van der Waals surface area (Å²) < 4.78 is 16.9. The molecule has 0 fully saturated rings. The number of carbonyl (C=O) groups excluding carboxylic acids is 2. The van der Waals surface area contributed by atoms with Gasteiger partial charge >= 0.3 is 13.6 Å². The fourth-order valence-electron chi connectivity index (χ4n) is 5.06. The Hall–Kier alpha value is -1.19. The molecule has 42 heavy (non-hydrogen) atoms. The van der Waals surface area contributed by atoms with Gasteiger partial charge in [0.1, 0.15) is 0 Å². The van der Waals surface area contributed by atoms with Crippen LogP contribution < -0.4 is 0 Å². The zero-order chi connectivity index (χ0) is 31.0. The summed E-state index contributed by atoms with van der Waals surface area (Å²) in [5.41, 5.74) is -0.835. The topological polar surface area (TPSA) is 80.7 Å². The Balaban J connectivity index is 3.64. The normalized spacial score (nSPS) is 13.2. The van der Waals surface area contributed by atoms with E-state index in [0.717, 1.165) is 64.2 Å². The van der Waals surface area contributed by atoms with Crippen molar-refractivity contribution in [3.8, 4) is 0 Å². The van der Waals surface area contributed by atoms with Gasteiger partial charge in [-0.25, -0.2) is 4.57 Å². The van der Waals surface area contributed by atoms with Crippen LogP contribution in [0.4, 0.5) is 0 Å². The smallest absolute Gasteiger partial charge is 0.387 e. The van der Waals surface area contributed by atoms with Crippen molar-refractivity contribution >= 4 is 19.1 Å². The Labute approximate surface area is 260 Å². The minimum absolute atomic E-state index is 0.00732. The van der Waals surface area contributed by atoms with Crippen LogP contribution in [0.5, 0.6) is 0 Å². The van der Waals surface area contributed by atoms with E-state index >= 15 is 0 Å². The van der Waals surface area contributed by atoms with Crippen LogP contribution in [0.15, 0.2) is 24.3 Å². The fraction of sp³-hybridized carbons (Fsp3) is 0.833. The van der Waals surface area contributed by atoms with Gasteiger partial charge in [-0.2, -0.15) is 0 Å². The standard InChI is InChI=1S/C36H67O5P/c1-3-5-7-9-11-13-15-17-19-21-23-25-27-29-31-33-35(37)41-42(39,40)36(38)34-32-30-28-26-24-22-20-18-16-14-12-10-8-6-4-2/h17-20H,3-16,21-34H2,1-2H3,(H,39,40). The second-order valence-corrected chi connectivity index (χ2v) is 13.8. The highest BCUT2D eigenvalue weighted by Crippen LogP contribution is 2.45. The molecule has 246 valence electrons. The van der Waals surface area contributed by atoms with Crippen LogP contribution in [0.25, 0.3) is 0 Å². The summed E-state index contributed by atoms with van der Waals surface area (Å²) in [6, 6.07) is 0. The van der Waals surface area contributed by atoms with Crippen molar-refractivity contribution in [2.24, 2.45) is 0 Å². The molecule has 0 saturated heterocycles. The fourth-order valence-corrected chi connectivity index (χ4v) is 5.97. The van der Waals surface area contributed by atoms with Crippen LogP contribution in [0, 0.1) is 0 Å². The Morgan fingerprint density at radius 3 is 1.19 bits per heavy atom. The molecule has 0 amide bonds. The maximum atomic E-state index is 12.2. The van der Waals surface area contributed by atoms with Gasteiger partial charge in [-0.05, 0) is 64.2 Å². The Bertz CT molecular complexity index is 730. The molecule has 1 atom stereocenters. The molecule has 0 aromatic heterocycles. The van der Waals surface area contributed by atoms with Crippen molar-refractivity contribution < 1.29 is 23.6 Å². The average Bonchev–Trinajstić information content (AvgIpc) is 2.96. The monoisotopic (exact) mass is 610 g/mol. The molecule has 6 heteroatoms. The number of unbranched alkanes of at least 4 members (excludes halogenated alkanes) is 22. The molecule has 0 rings (SSSR count). The van der Waals surface area contributed by atoms with Crippen molar-refractivity contribution in [2.75, 3.05) is 0 Å². The molecule has 0 spiro atoms. The van der Waals surface area contributed by atoms with Gasteiger partial charge in [0.2, 0.25) is 0 Å². The lowest BCUT2D eigenvalue weighted by molar-refractivity contribution is -0.136. The first-order valence-corrected chi connectivity index (χ1v) is 19.4. The number of allylic oxidation sites excluding steroid dienone is 4. The molecule has 0 aliphatic carbocycles. The lowest BCUT2D eigenvalue weighted by Gasteiger charge is -2.11. The molecule has 0 saturated carbocycles. The second kappa shape index (κ2) is 31.2. The molecule has 0 radical (unpaired) electrons. The van der Waals surface area contributed by atoms with E-state index in [1.165, 1.54) is 89.9 Å². The van der Waals surface area contributed by atoms with Gasteiger partial charge in [-0.3, -0.25) is 9.59 Å². The van der Waals surface area contributed by atoms with Gasteiger partial charge in [-0.15, -0.1) is 0 Å². The van der Waals surface area contributed by atoms with Crippen LogP contribution in [0.1, 0.15) is 194 Å². The van der Waals surface area contributed by atoms with E-state index in [9.17, 15) is 19.0 Å². The number of rotatable bonds is 32. The molecule has 0 aliphatic heterocycles. The predicted octanol–water partition coefficient (Wildman–Crippen LogP) is 12.3. The first-order valence-electron chi connectivity index (χ1n) is 17.8. The highest BCUT2D eigenvalue weighted by molar-refractivity contribution is 7.71. The third kappa shape index (κ3) is 28.9.